The van der Waals surface area contributed by atoms with E-state index in [1.165, 1.54) is 36.7 Å². The maximum atomic E-state index is 12.4. The first kappa shape index (κ1) is 19.9. The minimum absolute atomic E-state index is 0.0838. The highest BCUT2D eigenvalue weighted by atomic mass is 32.2. The van der Waals surface area contributed by atoms with Crippen molar-refractivity contribution in [1.29, 1.82) is 0 Å². The van der Waals surface area contributed by atoms with Crippen LogP contribution in [0.5, 0.6) is 0 Å². The van der Waals surface area contributed by atoms with Crippen molar-refractivity contribution >= 4 is 33.4 Å². The molecule has 3 aromatic rings. The molecular formula is C20H19N3O3S2. The fourth-order valence-electron chi connectivity index (χ4n) is 2.37. The van der Waals surface area contributed by atoms with Crippen LogP contribution in [0, 0.1) is 0 Å². The Morgan fingerprint density at radius 3 is 2.29 bits per heavy atom. The van der Waals surface area contributed by atoms with Crippen LogP contribution in [0.25, 0.3) is 0 Å². The van der Waals surface area contributed by atoms with Crippen LogP contribution in [0.2, 0.25) is 0 Å². The summed E-state index contributed by atoms with van der Waals surface area (Å²) < 4.78 is 27.3. The quantitative estimate of drug-likeness (QED) is 0.436. The van der Waals surface area contributed by atoms with Gasteiger partial charge >= 0.3 is 0 Å². The molecule has 1 amide bonds. The van der Waals surface area contributed by atoms with Crippen molar-refractivity contribution in [3.05, 3.63) is 84.7 Å². The van der Waals surface area contributed by atoms with Crippen LogP contribution in [0.15, 0.2) is 88.9 Å². The summed E-state index contributed by atoms with van der Waals surface area (Å²) in [5.41, 5.74) is 0.834. The van der Waals surface area contributed by atoms with E-state index in [1.54, 1.807) is 23.9 Å². The molecule has 0 saturated heterocycles. The molecule has 28 heavy (non-hydrogen) atoms. The summed E-state index contributed by atoms with van der Waals surface area (Å²) in [4.78, 5) is 17.3. The zero-order chi connectivity index (χ0) is 19.8. The van der Waals surface area contributed by atoms with Crippen LogP contribution in [0.4, 0.5) is 5.69 Å². The standard InChI is InChI=1S/C20H19N3O3S2/c24-20(22-14-15-27-18-4-2-1-3-5-18)16-6-8-19(9-7-16)28(25,26)23-17-10-12-21-13-11-17/h1-13H,14-15H2,(H,21,23)(H,22,24). The van der Waals surface area contributed by atoms with Crippen molar-refractivity contribution in [2.24, 2.45) is 0 Å². The average molecular weight is 414 g/mol. The molecule has 0 fully saturated rings. The number of nitrogens with one attached hydrogen (secondary N) is 2. The van der Waals surface area contributed by atoms with E-state index in [9.17, 15) is 13.2 Å². The van der Waals surface area contributed by atoms with Gasteiger partial charge in [-0.2, -0.15) is 0 Å². The number of carbonyl (C=O) groups excluding carboxylic acids is 1. The summed E-state index contributed by atoms with van der Waals surface area (Å²) in [6.07, 6.45) is 3.00. The highest BCUT2D eigenvalue weighted by Gasteiger charge is 2.15. The maximum Gasteiger partial charge on any atom is 0.261 e. The lowest BCUT2D eigenvalue weighted by Crippen LogP contribution is -2.25. The van der Waals surface area contributed by atoms with Gasteiger partial charge in [0.2, 0.25) is 0 Å². The van der Waals surface area contributed by atoms with Crippen molar-refractivity contribution in [1.82, 2.24) is 10.3 Å². The van der Waals surface area contributed by atoms with Gasteiger partial charge in [0.05, 0.1) is 10.6 Å². The first-order chi connectivity index (χ1) is 13.5. The second-order valence-electron chi connectivity index (χ2n) is 5.78. The first-order valence-corrected chi connectivity index (χ1v) is 11.0. The fourth-order valence-corrected chi connectivity index (χ4v) is 4.22. The summed E-state index contributed by atoms with van der Waals surface area (Å²) in [5.74, 6) is 0.512. The third kappa shape index (κ3) is 5.58. The van der Waals surface area contributed by atoms with E-state index in [1.807, 2.05) is 30.3 Å². The number of nitrogens with zero attached hydrogens (tertiary/aromatic N) is 1. The number of amides is 1. The van der Waals surface area contributed by atoms with Gasteiger partial charge in [0.15, 0.2) is 0 Å². The molecule has 6 nitrogen and oxygen atoms in total. The minimum Gasteiger partial charge on any atom is -0.351 e. The van der Waals surface area contributed by atoms with Crippen molar-refractivity contribution in [3.8, 4) is 0 Å². The second kappa shape index (κ2) is 9.38. The predicted octanol–water partition coefficient (Wildman–Crippen LogP) is 3.40. The summed E-state index contributed by atoms with van der Waals surface area (Å²) in [7, 11) is -3.72. The van der Waals surface area contributed by atoms with Crippen LogP contribution in [-0.2, 0) is 10.0 Å². The number of thioether (sulfide) groups is 1. The van der Waals surface area contributed by atoms with Gasteiger partial charge in [0.25, 0.3) is 15.9 Å². The molecule has 2 N–H and O–H groups in total. The molecule has 0 aliphatic heterocycles. The number of carbonyl (C=O) groups is 1. The normalized spacial score (nSPS) is 11.0. The van der Waals surface area contributed by atoms with Gasteiger partial charge in [0, 0.05) is 35.2 Å². The number of anilines is 1. The van der Waals surface area contributed by atoms with Crippen molar-refractivity contribution in [3.63, 3.8) is 0 Å². The topological polar surface area (TPSA) is 88.2 Å². The number of sulfonamides is 1. The number of rotatable bonds is 8. The van der Waals surface area contributed by atoms with Crippen LogP contribution in [0.1, 0.15) is 10.4 Å². The summed E-state index contributed by atoms with van der Waals surface area (Å²) in [6.45, 7) is 0.516. The summed E-state index contributed by atoms with van der Waals surface area (Å²) >= 11 is 1.66. The van der Waals surface area contributed by atoms with Gasteiger partial charge < -0.3 is 5.32 Å². The Hall–Kier alpha value is -2.84. The first-order valence-electron chi connectivity index (χ1n) is 8.53. The molecule has 0 atom stereocenters. The van der Waals surface area contributed by atoms with E-state index in [4.69, 9.17) is 0 Å². The van der Waals surface area contributed by atoms with Gasteiger partial charge in [-0.05, 0) is 48.5 Å². The maximum absolute atomic E-state index is 12.4. The molecule has 1 heterocycles. The van der Waals surface area contributed by atoms with E-state index in [2.05, 4.69) is 15.0 Å². The predicted molar refractivity (Wildman–Crippen MR) is 111 cm³/mol. The molecule has 0 bridgehead atoms. The molecule has 8 heteroatoms. The Labute approximate surface area is 168 Å². The highest BCUT2D eigenvalue weighted by molar-refractivity contribution is 7.99. The molecule has 0 aliphatic carbocycles. The Morgan fingerprint density at radius 2 is 1.61 bits per heavy atom. The molecule has 0 radical (unpaired) electrons. The average Bonchev–Trinajstić information content (AvgIpc) is 2.72. The second-order valence-corrected chi connectivity index (χ2v) is 8.63. The smallest absolute Gasteiger partial charge is 0.261 e. The van der Waals surface area contributed by atoms with E-state index in [0.29, 0.717) is 17.8 Å². The third-order valence-electron chi connectivity index (χ3n) is 3.76. The van der Waals surface area contributed by atoms with Crippen LogP contribution < -0.4 is 10.0 Å². The van der Waals surface area contributed by atoms with E-state index in [0.717, 1.165) is 10.6 Å². The molecule has 0 aliphatic rings. The van der Waals surface area contributed by atoms with Gasteiger partial charge in [0.1, 0.15) is 0 Å². The molecule has 2 aromatic carbocycles. The van der Waals surface area contributed by atoms with Crippen LogP contribution in [0.3, 0.4) is 0 Å². The van der Waals surface area contributed by atoms with Crippen molar-refractivity contribution in [2.45, 2.75) is 9.79 Å². The zero-order valence-electron chi connectivity index (χ0n) is 14.9. The lowest BCUT2D eigenvalue weighted by atomic mass is 10.2. The molecule has 0 unspecified atom stereocenters. The van der Waals surface area contributed by atoms with Crippen LogP contribution >= 0.6 is 11.8 Å². The summed E-state index contributed by atoms with van der Waals surface area (Å²) in [5, 5.41) is 2.84. The molecule has 0 spiro atoms. The number of hydrogen-bond acceptors (Lipinski definition) is 5. The van der Waals surface area contributed by atoms with Crippen LogP contribution in [-0.4, -0.2) is 31.6 Å². The minimum atomic E-state index is -3.72. The van der Waals surface area contributed by atoms with Gasteiger partial charge in [-0.25, -0.2) is 8.42 Å². The Morgan fingerprint density at radius 1 is 0.929 bits per heavy atom. The van der Waals surface area contributed by atoms with E-state index >= 15 is 0 Å². The highest BCUT2D eigenvalue weighted by Crippen LogP contribution is 2.17. The Balaban J connectivity index is 1.53. The Kier molecular flexibility index (Phi) is 6.67. The van der Waals surface area contributed by atoms with Crippen molar-refractivity contribution in [2.75, 3.05) is 17.0 Å². The SMILES string of the molecule is O=C(NCCSc1ccccc1)c1ccc(S(=O)(=O)Nc2ccncc2)cc1. The molecule has 144 valence electrons. The molecule has 1 aromatic heterocycles. The lowest BCUT2D eigenvalue weighted by molar-refractivity contribution is 0.0956. The number of aromatic nitrogens is 1. The molecule has 0 saturated carbocycles. The summed E-state index contributed by atoms with van der Waals surface area (Å²) in [6, 6.07) is 18.9. The zero-order valence-corrected chi connectivity index (χ0v) is 16.5. The van der Waals surface area contributed by atoms with E-state index < -0.39 is 10.0 Å². The lowest BCUT2D eigenvalue weighted by Gasteiger charge is -2.09. The fraction of sp³-hybridized carbons (Fsp3) is 0.100. The largest absolute Gasteiger partial charge is 0.351 e. The van der Waals surface area contributed by atoms with E-state index in [-0.39, 0.29) is 10.8 Å². The van der Waals surface area contributed by atoms with Gasteiger partial charge in [-0.3, -0.25) is 14.5 Å². The monoisotopic (exact) mass is 413 g/mol. The third-order valence-corrected chi connectivity index (χ3v) is 6.17. The van der Waals surface area contributed by atoms with Gasteiger partial charge in [-0.1, -0.05) is 18.2 Å². The number of pyridine rings is 1. The molecular weight excluding hydrogens is 394 g/mol. The Bertz CT molecular complexity index is 1010. The molecule has 3 rings (SSSR count). The number of hydrogen-bond donors (Lipinski definition) is 2. The number of benzene rings is 2. The van der Waals surface area contributed by atoms with Gasteiger partial charge in [-0.15, -0.1) is 11.8 Å². The van der Waals surface area contributed by atoms with Crippen molar-refractivity contribution < 1.29 is 13.2 Å².